The molecular formula is C14H20O3. The summed E-state index contributed by atoms with van der Waals surface area (Å²) in [5, 5.41) is 0. The van der Waals surface area contributed by atoms with Crippen molar-refractivity contribution in [1.29, 1.82) is 0 Å². The molecule has 0 saturated carbocycles. The second-order valence-corrected chi connectivity index (χ2v) is 5.16. The number of esters is 1. The van der Waals surface area contributed by atoms with Gasteiger partial charge in [-0.2, -0.15) is 0 Å². The highest BCUT2D eigenvalue weighted by molar-refractivity contribution is 5.92. The fourth-order valence-corrected chi connectivity index (χ4v) is 1.33. The molecule has 0 fully saturated rings. The van der Waals surface area contributed by atoms with Crippen LogP contribution >= 0.6 is 0 Å². The molecule has 94 valence electrons. The highest BCUT2D eigenvalue weighted by Crippen LogP contribution is 2.22. The van der Waals surface area contributed by atoms with Crippen molar-refractivity contribution in [3.63, 3.8) is 0 Å². The molecule has 0 saturated heterocycles. The van der Waals surface area contributed by atoms with Gasteiger partial charge in [0.25, 0.3) is 0 Å². The van der Waals surface area contributed by atoms with Crippen LogP contribution in [0.2, 0.25) is 0 Å². The van der Waals surface area contributed by atoms with Crippen molar-refractivity contribution < 1.29 is 14.3 Å². The van der Waals surface area contributed by atoms with Gasteiger partial charge in [0.05, 0.1) is 6.10 Å². The molecule has 0 amide bonds. The van der Waals surface area contributed by atoms with Crippen molar-refractivity contribution in [1.82, 2.24) is 0 Å². The van der Waals surface area contributed by atoms with Crippen molar-refractivity contribution in [2.24, 2.45) is 0 Å². The van der Waals surface area contributed by atoms with E-state index in [1.54, 1.807) is 18.2 Å². The van der Waals surface area contributed by atoms with E-state index in [4.69, 9.17) is 9.47 Å². The first kappa shape index (κ1) is 13.6. The van der Waals surface area contributed by atoms with Gasteiger partial charge < -0.3 is 9.47 Å². The third-order valence-electron chi connectivity index (χ3n) is 1.87. The molecule has 17 heavy (non-hydrogen) atoms. The Morgan fingerprint density at radius 3 is 2.29 bits per heavy atom. The minimum absolute atomic E-state index is 0.0265. The lowest BCUT2D eigenvalue weighted by Crippen LogP contribution is -2.24. The maximum atomic E-state index is 12.0. The molecule has 1 aromatic carbocycles. The van der Waals surface area contributed by atoms with Crippen molar-refractivity contribution in [2.75, 3.05) is 0 Å². The van der Waals surface area contributed by atoms with Crippen LogP contribution in [0.4, 0.5) is 0 Å². The van der Waals surface area contributed by atoms with Gasteiger partial charge in [0.1, 0.15) is 16.9 Å². The highest BCUT2D eigenvalue weighted by Gasteiger charge is 2.20. The number of hydrogen-bond acceptors (Lipinski definition) is 3. The van der Waals surface area contributed by atoms with E-state index < -0.39 is 5.60 Å². The van der Waals surface area contributed by atoms with E-state index in [-0.39, 0.29) is 12.1 Å². The standard InChI is InChI=1S/C14H20O3/c1-10(2)16-12-9-7-6-8-11(12)13(15)17-14(3,4)5/h6-10H,1-5H3. The topological polar surface area (TPSA) is 35.5 Å². The molecule has 1 aromatic rings. The summed E-state index contributed by atoms with van der Waals surface area (Å²) in [7, 11) is 0. The molecular weight excluding hydrogens is 216 g/mol. The lowest BCUT2D eigenvalue weighted by atomic mass is 10.1. The Kier molecular flexibility index (Phi) is 4.16. The van der Waals surface area contributed by atoms with Crippen LogP contribution in [0.5, 0.6) is 5.75 Å². The smallest absolute Gasteiger partial charge is 0.342 e. The maximum absolute atomic E-state index is 12.0. The third kappa shape index (κ3) is 4.47. The van der Waals surface area contributed by atoms with Crippen molar-refractivity contribution in [3.8, 4) is 5.75 Å². The first-order valence-electron chi connectivity index (χ1n) is 5.78. The van der Waals surface area contributed by atoms with Gasteiger partial charge >= 0.3 is 5.97 Å². The predicted octanol–water partition coefficient (Wildman–Crippen LogP) is 3.43. The number of ether oxygens (including phenoxy) is 2. The summed E-state index contributed by atoms with van der Waals surface area (Å²) in [5.41, 5.74) is -0.0294. The first-order chi connectivity index (χ1) is 7.79. The summed E-state index contributed by atoms with van der Waals surface area (Å²) in [6.07, 6.45) is 0.0265. The third-order valence-corrected chi connectivity index (χ3v) is 1.87. The van der Waals surface area contributed by atoms with Crippen LogP contribution in [0.15, 0.2) is 24.3 Å². The Bertz CT molecular complexity index is 389. The Morgan fingerprint density at radius 2 is 1.76 bits per heavy atom. The minimum atomic E-state index is -0.498. The van der Waals surface area contributed by atoms with Crippen LogP contribution in [0, 0.1) is 0 Å². The summed E-state index contributed by atoms with van der Waals surface area (Å²) in [5.74, 6) is 0.213. The highest BCUT2D eigenvalue weighted by atomic mass is 16.6. The molecule has 0 aliphatic heterocycles. The fraction of sp³-hybridized carbons (Fsp3) is 0.500. The SMILES string of the molecule is CC(C)Oc1ccccc1C(=O)OC(C)(C)C. The summed E-state index contributed by atoms with van der Waals surface area (Å²) in [4.78, 5) is 12.0. The van der Waals surface area contributed by atoms with Gasteiger partial charge in [-0.15, -0.1) is 0 Å². The van der Waals surface area contributed by atoms with E-state index in [0.29, 0.717) is 11.3 Å². The molecule has 0 aliphatic carbocycles. The van der Waals surface area contributed by atoms with Crippen LogP contribution in [0.1, 0.15) is 45.0 Å². The lowest BCUT2D eigenvalue weighted by molar-refractivity contribution is 0.00649. The zero-order chi connectivity index (χ0) is 13.1. The van der Waals surface area contributed by atoms with Crippen molar-refractivity contribution >= 4 is 5.97 Å². The van der Waals surface area contributed by atoms with Gasteiger partial charge in [0, 0.05) is 0 Å². The maximum Gasteiger partial charge on any atom is 0.342 e. The van der Waals surface area contributed by atoms with E-state index in [9.17, 15) is 4.79 Å². The minimum Gasteiger partial charge on any atom is -0.490 e. The predicted molar refractivity (Wildman–Crippen MR) is 67.4 cm³/mol. The fourth-order valence-electron chi connectivity index (χ4n) is 1.33. The van der Waals surface area contributed by atoms with Gasteiger partial charge in [0.2, 0.25) is 0 Å². The zero-order valence-corrected chi connectivity index (χ0v) is 11.1. The van der Waals surface area contributed by atoms with E-state index in [1.165, 1.54) is 0 Å². The van der Waals surface area contributed by atoms with Gasteiger partial charge in [-0.1, -0.05) is 12.1 Å². The monoisotopic (exact) mass is 236 g/mol. The molecule has 3 nitrogen and oxygen atoms in total. The molecule has 0 spiro atoms. The zero-order valence-electron chi connectivity index (χ0n) is 11.1. The average Bonchev–Trinajstić information content (AvgIpc) is 2.14. The van der Waals surface area contributed by atoms with Crippen LogP contribution in [-0.4, -0.2) is 17.7 Å². The number of benzene rings is 1. The normalized spacial score (nSPS) is 11.4. The Labute approximate surface area is 103 Å². The van der Waals surface area contributed by atoms with E-state index in [0.717, 1.165) is 0 Å². The van der Waals surface area contributed by atoms with Crippen molar-refractivity contribution in [2.45, 2.75) is 46.3 Å². The average molecular weight is 236 g/mol. The largest absolute Gasteiger partial charge is 0.490 e. The van der Waals surface area contributed by atoms with Crippen LogP contribution in [-0.2, 0) is 4.74 Å². The number of rotatable bonds is 3. The molecule has 0 atom stereocenters. The number of hydrogen-bond donors (Lipinski definition) is 0. The Morgan fingerprint density at radius 1 is 1.18 bits per heavy atom. The Hall–Kier alpha value is -1.51. The number of para-hydroxylation sites is 1. The molecule has 1 rings (SSSR count). The summed E-state index contributed by atoms with van der Waals surface area (Å²) in [6.45, 7) is 9.38. The second-order valence-electron chi connectivity index (χ2n) is 5.16. The molecule has 0 aromatic heterocycles. The molecule has 0 unspecified atom stereocenters. The van der Waals surface area contributed by atoms with Crippen LogP contribution < -0.4 is 4.74 Å². The lowest BCUT2D eigenvalue weighted by Gasteiger charge is -2.21. The molecule has 0 radical (unpaired) electrons. The summed E-state index contributed by atoms with van der Waals surface area (Å²) in [6, 6.07) is 7.13. The van der Waals surface area contributed by atoms with Crippen LogP contribution in [0.25, 0.3) is 0 Å². The van der Waals surface area contributed by atoms with E-state index in [1.807, 2.05) is 40.7 Å². The second kappa shape index (κ2) is 5.21. The quantitative estimate of drug-likeness (QED) is 0.754. The molecule has 0 aliphatic rings. The molecule has 3 heteroatoms. The van der Waals surface area contributed by atoms with Gasteiger partial charge in [-0.25, -0.2) is 4.79 Å². The summed E-state index contributed by atoms with van der Waals surface area (Å²) < 4.78 is 10.9. The van der Waals surface area contributed by atoms with Gasteiger partial charge in [0.15, 0.2) is 0 Å². The Balaban J connectivity index is 2.93. The number of carbonyl (C=O) groups excluding carboxylic acids is 1. The summed E-state index contributed by atoms with van der Waals surface area (Å²) >= 11 is 0. The molecule has 0 bridgehead atoms. The van der Waals surface area contributed by atoms with Gasteiger partial charge in [-0.3, -0.25) is 0 Å². The first-order valence-corrected chi connectivity index (χ1v) is 5.78. The van der Waals surface area contributed by atoms with Crippen LogP contribution in [0.3, 0.4) is 0 Å². The van der Waals surface area contributed by atoms with Gasteiger partial charge in [-0.05, 0) is 46.8 Å². The number of carbonyl (C=O) groups is 1. The van der Waals surface area contributed by atoms with E-state index in [2.05, 4.69) is 0 Å². The van der Waals surface area contributed by atoms with E-state index >= 15 is 0 Å². The molecule has 0 heterocycles. The molecule has 0 N–H and O–H groups in total. The van der Waals surface area contributed by atoms with Crippen molar-refractivity contribution in [3.05, 3.63) is 29.8 Å².